The molecule has 8 nitrogen and oxygen atoms in total. The number of aromatic nitrogens is 2. The second kappa shape index (κ2) is 8.16. The molecule has 1 amide bonds. The zero-order valence-electron chi connectivity index (χ0n) is 15.7. The SMILES string of the molecule is CC(C)(C)NS(=O)(=O)c1cc(NC(=O)c2n[nH]c3c2CNCC3)ccc1F.Cl. The number of benzene rings is 1. The first-order valence-corrected chi connectivity index (χ1v) is 9.97. The van der Waals surface area contributed by atoms with E-state index in [1.54, 1.807) is 20.8 Å². The third-order valence-electron chi connectivity index (χ3n) is 3.94. The van der Waals surface area contributed by atoms with Crippen LogP contribution in [0.15, 0.2) is 23.1 Å². The van der Waals surface area contributed by atoms with Crippen LogP contribution in [0.5, 0.6) is 0 Å². The number of H-pyrrole nitrogens is 1. The number of carbonyl (C=O) groups is 1. The first kappa shape index (κ1) is 22.3. The molecule has 0 bridgehead atoms. The van der Waals surface area contributed by atoms with Crippen molar-refractivity contribution < 1.29 is 17.6 Å². The number of anilines is 1. The normalized spacial score (nSPS) is 14.1. The van der Waals surface area contributed by atoms with Crippen molar-refractivity contribution in [3.8, 4) is 0 Å². The molecule has 0 aliphatic carbocycles. The fourth-order valence-corrected chi connectivity index (χ4v) is 4.37. The van der Waals surface area contributed by atoms with E-state index < -0.39 is 32.2 Å². The highest BCUT2D eigenvalue weighted by Gasteiger charge is 2.26. The first-order chi connectivity index (χ1) is 12.6. The van der Waals surface area contributed by atoms with Crippen molar-refractivity contribution in [1.29, 1.82) is 0 Å². The second-order valence-corrected chi connectivity index (χ2v) is 9.06. The van der Waals surface area contributed by atoms with Crippen molar-refractivity contribution in [2.75, 3.05) is 11.9 Å². The molecule has 1 aromatic carbocycles. The Morgan fingerprint density at radius 3 is 2.68 bits per heavy atom. The van der Waals surface area contributed by atoms with Gasteiger partial charge in [0.05, 0.1) is 0 Å². The number of carbonyl (C=O) groups excluding carboxylic acids is 1. The molecule has 1 aliphatic heterocycles. The summed E-state index contributed by atoms with van der Waals surface area (Å²) < 4.78 is 41.4. The number of aromatic amines is 1. The molecule has 0 fully saturated rings. The molecular formula is C17H23ClFN5O3S. The van der Waals surface area contributed by atoms with Gasteiger partial charge >= 0.3 is 0 Å². The molecule has 0 spiro atoms. The van der Waals surface area contributed by atoms with Crippen LogP contribution in [0.1, 0.15) is 42.5 Å². The van der Waals surface area contributed by atoms with E-state index in [1.807, 2.05) is 0 Å². The molecule has 2 aromatic rings. The van der Waals surface area contributed by atoms with Crippen LogP contribution >= 0.6 is 12.4 Å². The lowest BCUT2D eigenvalue weighted by Crippen LogP contribution is -2.40. The van der Waals surface area contributed by atoms with Gasteiger partial charge in [0.15, 0.2) is 5.69 Å². The molecule has 11 heteroatoms. The minimum atomic E-state index is -4.08. The maximum Gasteiger partial charge on any atom is 0.276 e. The van der Waals surface area contributed by atoms with E-state index in [4.69, 9.17) is 0 Å². The summed E-state index contributed by atoms with van der Waals surface area (Å²) >= 11 is 0. The van der Waals surface area contributed by atoms with E-state index in [2.05, 4.69) is 25.6 Å². The fourth-order valence-electron chi connectivity index (χ4n) is 2.85. The van der Waals surface area contributed by atoms with E-state index in [-0.39, 0.29) is 23.8 Å². The van der Waals surface area contributed by atoms with E-state index in [1.165, 1.54) is 6.07 Å². The number of amides is 1. The van der Waals surface area contributed by atoms with Crippen LogP contribution < -0.4 is 15.4 Å². The van der Waals surface area contributed by atoms with Crippen molar-refractivity contribution in [3.63, 3.8) is 0 Å². The Morgan fingerprint density at radius 1 is 1.29 bits per heavy atom. The molecule has 0 unspecified atom stereocenters. The molecule has 0 atom stereocenters. The van der Waals surface area contributed by atoms with Crippen LogP contribution in [0.2, 0.25) is 0 Å². The summed E-state index contributed by atoms with van der Waals surface area (Å²) in [4.78, 5) is 12.0. The number of nitrogens with one attached hydrogen (secondary N) is 4. The second-order valence-electron chi connectivity index (χ2n) is 7.41. The highest BCUT2D eigenvalue weighted by atomic mass is 35.5. The summed E-state index contributed by atoms with van der Waals surface area (Å²) in [6.07, 6.45) is 0.743. The van der Waals surface area contributed by atoms with Crippen molar-refractivity contribution >= 4 is 34.0 Å². The van der Waals surface area contributed by atoms with E-state index in [9.17, 15) is 17.6 Å². The van der Waals surface area contributed by atoms with Gasteiger partial charge in [0, 0.05) is 42.0 Å². The molecule has 28 heavy (non-hydrogen) atoms. The lowest BCUT2D eigenvalue weighted by atomic mass is 10.1. The first-order valence-electron chi connectivity index (χ1n) is 8.48. The number of halogens is 2. The fraction of sp³-hybridized carbons (Fsp3) is 0.412. The molecule has 2 heterocycles. The number of rotatable bonds is 4. The van der Waals surface area contributed by atoms with Crippen molar-refractivity contribution in [1.82, 2.24) is 20.2 Å². The van der Waals surface area contributed by atoms with Crippen LogP contribution in [0, 0.1) is 5.82 Å². The summed E-state index contributed by atoms with van der Waals surface area (Å²) in [6.45, 7) is 6.29. The number of hydrogen-bond acceptors (Lipinski definition) is 5. The molecule has 0 saturated carbocycles. The predicted molar refractivity (Wildman–Crippen MR) is 106 cm³/mol. The molecule has 4 N–H and O–H groups in total. The van der Waals surface area contributed by atoms with Crippen molar-refractivity contribution in [2.45, 2.75) is 44.2 Å². The van der Waals surface area contributed by atoms with E-state index in [0.29, 0.717) is 6.54 Å². The number of nitrogens with zero attached hydrogens (tertiary/aromatic N) is 1. The van der Waals surface area contributed by atoms with Crippen molar-refractivity contribution in [3.05, 3.63) is 41.0 Å². The van der Waals surface area contributed by atoms with Gasteiger partial charge in [-0.2, -0.15) is 5.10 Å². The van der Waals surface area contributed by atoms with Gasteiger partial charge in [-0.25, -0.2) is 17.5 Å². The molecule has 1 aliphatic rings. The van der Waals surface area contributed by atoms with Gasteiger partial charge in [-0.1, -0.05) is 0 Å². The van der Waals surface area contributed by atoms with Crippen LogP contribution in [-0.4, -0.2) is 36.6 Å². The standard InChI is InChI=1S/C17H22FN5O3S.ClH/c1-17(2,3)23-27(25,26)14-8-10(4-5-12(14)18)20-16(24)15-11-9-19-7-6-13(11)21-22-15;/h4-5,8,19,23H,6-7,9H2,1-3H3,(H,20,24)(H,21,22);1H. The molecule has 1 aromatic heterocycles. The Bertz CT molecular complexity index is 985. The third-order valence-corrected chi connectivity index (χ3v) is 5.71. The van der Waals surface area contributed by atoms with Crippen LogP contribution in [0.4, 0.5) is 10.1 Å². The maximum atomic E-state index is 14.1. The zero-order valence-corrected chi connectivity index (χ0v) is 17.4. The van der Waals surface area contributed by atoms with Crippen molar-refractivity contribution in [2.24, 2.45) is 0 Å². The summed E-state index contributed by atoms with van der Waals surface area (Å²) in [6, 6.07) is 3.41. The summed E-state index contributed by atoms with van der Waals surface area (Å²) in [7, 11) is -4.08. The topological polar surface area (TPSA) is 116 Å². The Hall–Kier alpha value is -2.01. The van der Waals surface area contributed by atoms with Crippen LogP contribution in [0.3, 0.4) is 0 Å². The van der Waals surface area contributed by atoms with Crippen LogP contribution in [0.25, 0.3) is 0 Å². The largest absolute Gasteiger partial charge is 0.321 e. The molecule has 0 radical (unpaired) electrons. The lowest BCUT2D eigenvalue weighted by Gasteiger charge is -2.20. The smallest absolute Gasteiger partial charge is 0.276 e. The summed E-state index contributed by atoms with van der Waals surface area (Å²) in [5, 5.41) is 12.7. The Balaban J connectivity index is 0.00000280. The van der Waals surface area contributed by atoms with Gasteiger partial charge < -0.3 is 10.6 Å². The molecular weight excluding hydrogens is 409 g/mol. The highest BCUT2D eigenvalue weighted by Crippen LogP contribution is 2.22. The summed E-state index contributed by atoms with van der Waals surface area (Å²) in [5.74, 6) is -1.39. The predicted octanol–water partition coefficient (Wildman–Crippen LogP) is 1.95. The van der Waals surface area contributed by atoms with E-state index >= 15 is 0 Å². The van der Waals surface area contributed by atoms with Gasteiger partial charge in [0.2, 0.25) is 10.0 Å². The average Bonchev–Trinajstić information content (AvgIpc) is 2.98. The number of sulfonamides is 1. The van der Waals surface area contributed by atoms with E-state index in [0.717, 1.165) is 36.4 Å². The number of hydrogen-bond donors (Lipinski definition) is 4. The van der Waals surface area contributed by atoms with Crippen LogP contribution in [-0.2, 0) is 23.0 Å². The van der Waals surface area contributed by atoms with Gasteiger partial charge in [-0.3, -0.25) is 9.89 Å². The zero-order chi connectivity index (χ0) is 19.8. The maximum absolute atomic E-state index is 14.1. The van der Waals surface area contributed by atoms with Gasteiger partial charge in [-0.15, -0.1) is 12.4 Å². The highest BCUT2D eigenvalue weighted by molar-refractivity contribution is 7.89. The Morgan fingerprint density at radius 2 is 2.00 bits per heavy atom. The minimum Gasteiger partial charge on any atom is -0.321 e. The minimum absolute atomic E-state index is 0. The average molecular weight is 432 g/mol. The van der Waals surface area contributed by atoms with Gasteiger partial charge in [0.1, 0.15) is 10.7 Å². The lowest BCUT2D eigenvalue weighted by molar-refractivity contribution is 0.102. The third kappa shape index (κ3) is 4.88. The molecule has 3 rings (SSSR count). The monoisotopic (exact) mass is 431 g/mol. The Labute approximate surface area is 169 Å². The summed E-state index contributed by atoms with van der Waals surface area (Å²) in [5.41, 5.74) is 1.31. The number of fused-ring (bicyclic) bond motifs is 1. The van der Waals surface area contributed by atoms with Gasteiger partial charge in [0.25, 0.3) is 5.91 Å². The van der Waals surface area contributed by atoms with Gasteiger partial charge in [-0.05, 0) is 39.0 Å². The molecule has 154 valence electrons. The Kier molecular flexibility index (Phi) is 6.49. The quantitative estimate of drug-likeness (QED) is 0.590. The molecule has 0 saturated heterocycles.